The number of para-hydroxylation sites is 2. The second-order valence-electron chi connectivity index (χ2n) is 9.97. The lowest BCUT2D eigenvalue weighted by Crippen LogP contribution is -2.32. The molecule has 8 heteroatoms. The van der Waals surface area contributed by atoms with Crippen molar-refractivity contribution in [2.75, 3.05) is 14.2 Å². The highest BCUT2D eigenvalue weighted by molar-refractivity contribution is 6.30. The molecule has 210 valence electrons. The van der Waals surface area contributed by atoms with Crippen LogP contribution < -0.4 is 10.3 Å². The number of pyridine rings is 1. The summed E-state index contributed by atoms with van der Waals surface area (Å²) in [5.74, 6) is 0.274. The fourth-order valence-corrected chi connectivity index (χ4v) is 5.74. The zero-order valence-corrected chi connectivity index (χ0v) is 23.8. The summed E-state index contributed by atoms with van der Waals surface area (Å²) >= 11 is 6.22. The van der Waals surface area contributed by atoms with Crippen molar-refractivity contribution in [3.8, 4) is 16.9 Å². The minimum atomic E-state index is -0.892. The van der Waals surface area contributed by atoms with E-state index in [-0.39, 0.29) is 11.5 Å². The summed E-state index contributed by atoms with van der Waals surface area (Å²) in [5, 5.41) is 7.76. The van der Waals surface area contributed by atoms with E-state index in [0.717, 1.165) is 22.1 Å². The smallest absolute Gasteiger partial charge is 0.276 e. The van der Waals surface area contributed by atoms with Crippen molar-refractivity contribution in [3.63, 3.8) is 0 Å². The van der Waals surface area contributed by atoms with Crippen LogP contribution in [0.15, 0.2) is 113 Å². The zero-order chi connectivity index (χ0) is 29.2. The highest BCUT2D eigenvalue weighted by Gasteiger charge is 2.39. The van der Waals surface area contributed by atoms with Crippen molar-refractivity contribution in [2.45, 2.75) is 18.6 Å². The van der Waals surface area contributed by atoms with Gasteiger partial charge in [-0.1, -0.05) is 90.5 Å². The monoisotopic (exact) mass is 577 g/mol. The Kier molecular flexibility index (Phi) is 7.61. The third kappa shape index (κ3) is 4.98. The molecule has 0 spiro atoms. The first kappa shape index (κ1) is 27.4. The molecule has 7 nitrogen and oxygen atoms in total. The summed E-state index contributed by atoms with van der Waals surface area (Å²) in [5.41, 5.74) is 4.32. The van der Waals surface area contributed by atoms with Crippen LogP contribution in [0.4, 0.5) is 0 Å². The molecular formula is C34H28ClN3O4. The van der Waals surface area contributed by atoms with E-state index >= 15 is 0 Å². The van der Waals surface area contributed by atoms with Crippen LogP contribution in [-0.4, -0.2) is 35.8 Å². The van der Waals surface area contributed by atoms with Gasteiger partial charge in [-0.15, -0.1) is 0 Å². The number of H-pyrrole nitrogens is 1. The molecule has 0 unspecified atom stereocenters. The quantitative estimate of drug-likeness (QED) is 0.227. The number of rotatable bonds is 7. The van der Waals surface area contributed by atoms with Crippen LogP contribution in [0.1, 0.15) is 35.3 Å². The lowest BCUT2D eigenvalue weighted by molar-refractivity contribution is -0.144. The van der Waals surface area contributed by atoms with Crippen molar-refractivity contribution >= 4 is 34.1 Å². The fourth-order valence-electron chi connectivity index (χ4n) is 5.61. The molecule has 0 aliphatic carbocycles. The number of aromatic amines is 1. The Morgan fingerprint density at radius 2 is 1.60 bits per heavy atom. The van der Waals surface area contributed by atoms with E-state index in [2.05, 4.69) is 4.98 Å². The molecule has 0 fully saturated rings. The van der Waals surface area contributed by atoms with E-state index in [1.807, 2.05) is 91.0 Å². The predicted molar refractivity (Wildman–Crippen MR) is 165 cm³/mol. The number of nitrogens with zero attached hydrogens (tertiary/aromatic N) is 2. The molecule has 1 N–H and O–H groups in total. The molecule has 1 aliphatic rings. The summed E-state index contributed by atoms with van der Waals surface area (Å²) in [6, 6.07) is 31.3. The van der Waals surface area contributed by atoms with Gasteiger partial charge in [-0.2, -0.15) is 5.10 Å². The average Bonchev–Trinajstić information content (AvgIpc) is 3.46. The van der Waals surface area contributed by atoms with Crippen molar-refractivity contribution in [2.24, 2.45) is 5.10 Å². The number of aromatic nitrogens is 1. The summed E-state index contributed by atoms with van der Waals surface area (Å²) in [6.45, 7) is 0. The number of amides is 1. The third-order valence-electron chi connectivity index (χ3n) is 7.54. The van der Waals surface area contributed by atoms with Gasteiger partial charge in [0.15, 0.2) is 6.10 Å². The molecule has 4 aromatic carbocycles. The molecule has 0 bridgehead atoms. The fraction of sp³-hybridized carbons (Fsp3) is 0.147. The van der Waals surface area contributed by atoms with Gasteiger partial charge in [0.05, 0.1) is 24.4 Å². The van der Waals surface area contributed by atoms with Crippen molar-refractivity contribution in [3.05, 3.63) is 135 Å². The van der Waals surface area contributed by atoms with Gasteiger partial charge in [0, 0.05) is 40.6 Å². The van der Waals surface area contributed by atoms with E-state index in [9.17, 15) is 9.59 Å². The van der Waals surface area contributed by atoms with Crippen LogP contribution >= 0.6 is 11.6 Å². The van der Waals surface area contributed by atoms with Crippen LogP contribution in [0.5, 0.6) is 5.75 Å². The first-order chi connectivity index (χ1) is 20.5. The Labute approximate surface area is 248 Å². The molecule has 0 saturated heterocycles. The molecule has 42 heavy (non-hydrogen) atoms. The Hall–Kier alpha value is -4.72. The van der Waals surface area contributed by atoms with E-state index in [0.29, 0.717) is 39.5 Å². The highest BCUT2D eigenvalue weighted by atomic mass is 35.5. The molecule has 6 rings (SSSR count). The van der Waals surface area contributed by atoms with Crippen LogP contribution in [0, 0.1) is 0 Å². The molecule has 2 heterocycles. The minimum Gasteiger partial charge on any atom is -0.496 e. The van der Waals surface area contributed by atoms with Crippen molar-refractivity contribution < 1.29 is 14.3 Å². The number of benzene rings is 4. The second-order valence-corrected chi connectivity index (χ2v) is 10.4. The molecule has 1 amide bonds. The molecule has 0 radical (unpaired) electrons. The van der Waals surface area contributed by atoms with Gasteiger partial charge < -0.3 is 14.5 Å². The standard InChI is InChI=1S/C34H28ClN3O4/c1-41-29-15-9-7-13-25(29)28-20-27(37-38(28)34(40)32(42-2)22-10-4-3-5-11-22)31-30(21-16-18-23(35)19-17-21)24-12-6-8-14-26(24)36-33(31)39/h3-19,28,32H,20H2,1-2H3,(H,36,39)/t28-,32+/m1/s1. The van der Waals surface area contributed by atoms with Gasteiger partial charge >= 0.3 is 0 Å². The largest absolute Gasteiger partial charge is 0.496 e. The number of halogens is 1. The average molecular weight is 578 g/mol. The van der Waals surface area contributed by atoms with E-state index in [1.54, 1.807) is 19.2 Å². The number of carbonyl (C=O) groups excluding carboxylic acids is 1. The SMILES string of the molecule is COc1ccccc1[C@H]1CC(c2c(-c3ccc(Cl)cc3)c3ccccc3[nH]c2=O)=NN1C(=O)[C@@H](OC)c1ccccc1. The van der Waals surface area contributed by atoms with Crippen molar-refractivity contribution in [1.82, 2.24) is 9.99 Å². The van der Waals surface area contributed by atoms with Crippen LogP contribution in [0.25, 0.3) is 22.0 Å². The first-order valence-electron chi connectivity index (χ1n) is 13.5. The number of hydrogen-bond donors (Lipinski definition) is 1. The van der Waals surface area contributed by atoms with Gasteiger partial charge in [0.25, 0.3) is 11.5 Å². The number of fused-ring (bicyclic) bond motifs is 1. The lowest BCUT2D eigenvalue weighted by Gasteiger charge is -2.27. The molecule has 1 aliphatic heterocycles. The number of hydrogen-bond acceptors (Lipinski definition) is 5. The summed E-state index contributed by atoms with van der Waals surface area (Å²) < 4.78 is 11.4. The molecular weight excluding hydrogens is 550 g/mol. The third-order valence-corrected chi connectivity index (χ3v) is 7.79. The van der Waals surface area contributed by atoms with Gasteiger partial charge in [-0.25, -0.2) is 5.01 Å². The van der Waals surface area contributed by atoms with Crippen LogP contribution in [0.3, 0.4) is 0 Å². The van der Waals surface area contributed by atoms with Crippen LogP contribution in [-0.2, 0) is 9.53 Å². The summed E-state index contributed by atoms with van der Waals surface area (Å²) in [6.07, 6.45) is -0.601. The predicted octanol–water partition coefficient (Wildman–Crippen LogP) is 6.92. The maximum absolute atomic E-state index is 14.2. The van der Waals surface area contributed by atoms with E-state index in [4.69, 9.17) is 26.2 Å². The summed E-state index contributed by atoms with van der Waals surface area (Å²) in [7, 11) is 3.09. The molecule has 2 atom stereocenters. The van der Waals surface area contributed by atoms with E-state index in [1.165, 1.54) is 12.1 Å². The Balaban J connectivity index is 1.56. The Morgan fingerprint density at radius 1 is 0.905 bits per heavy atom. The lowest BCUT2D eigenvalue weighted by atomic mass is 9.90. The number of methoxy groups -OCH3 is 2. The maximum atomic E-state index is 14.2. The topological polar surface area (TPSA) is 84.0 Å². The number of carbonyl (C=O) groups is 1. The number of hydrazone groups is 1. The van der Waals surface area contributed by atoms with Gasteiger partial charge in [-0.3, -0.25) is 9.59 Å². The normalized spacial score (nSPS) is 15.5. The first-order valence-corrected chi connectivity index (χ1v) is 13.9. The number of ether oxygens (including phenoxy) is 2. The highest BCUT2D eigenvalue weighted by Crippen LogP contribution is 2.41. The summed E-state index contributed by atoms with van der Waals surface area (Å²) in [4.78, 5) is 31.0. The van der Waals surface area contributed by atoms with Crippen LogP contribution in [0.2, 0.25) is 5.02 Å². The van der Waals surface area contributed by atoms with Gasteiger partial charge in [0.1, 0.15) is 5.75 Å². The molecule has 5 aromatic rings. The molecule has 1 aromatic heterocycles. The van der Waals surface area contributed by atoms with Gasteiger partial charge in [0.2, 0.25) is 0 Å². The van der Waals surface area contributed by atoms with E-state index < -0.39 is 12.1 Å². The second kappa shape index (κ2) is 11.6. The minimum absolute atomic E-state index is 0.291. The Bertz CT molecular complexity index is 1850. The Morgan fingerprint density at radius 3 is 2.33 bits per heavy atom. The maximum Gasteiger partial charge on any atom is 0.276 e. The molecule has 0 saturated carbocycles. The zero-order valence-electron chi connectivity index (χ0n) is 23.1. The number of nitrogens with one attached hydrogen (secondary N) is 1. The van der Waals surface area contributed by atoms with Crippen molar-refractivity contribution in [1.29, 1.82) is 0 Å². The van der Waals surface area contributed by atoms with Gasteiger partial charge in [-0.05, 0) is 35.4 Å².